The molecule has 0 atom stereocenters. The van der Waals surface area contributed by atoms with Gasteiger partial charge >= 0.3 is 0 Å². The van der Waals surface area contributed by atoms with Crippen LogP contribution >= 0.6 is 34.5 Å². The predicted octanol–water partition coefficient (Wildman–Crippen LogP) is 5.25. The number of carbonyl (C=O) groups is 2. The minimum Gasteiger partial charge on any atom is -0.333 e. The lowest BCUT2D eigenvalue weighted by Crippen LogP contribution is -2.38. The SMILES string of the molecule is CCCN(CC(=O)Nc1ccc(Cl)cc1Cl)C(=O)CCCc1cccs1. The Morgan fingerprint density at radius 3 is 2.69 bits per heavy atom. The summed E-state index contributed by atoms with van der Waals surface area (Å²) in [7, 11) is 0. The molecule has 2 amide bonds. The van der Waals surface area contributed by atoms with Crippen LogP contribution in [0.3, 0.4) is 0 Å². The van der Waals surface area contributed by atoms with E-state index < -0.39 is 0 Å². The van der Waals surface area contributed by atoms with Gasteiger partial charge in [0.25, 0.3) is 0 Å². The highest BCUT2D eigenvalue weighted by atomic mass is 35.5. The van der Waals surface area contributed by atoms with Gasteiger partial charge in [-0.1, -0.05) is 36.2 Å². The fourth-order valence-corrected chi connectivity index (χ4v) is 3.75. The number of hydrogen-bond donors (Lipinski definition) is 1. The molecule has 4 nitrogen and oxygen atoms in total. The van der Waals surface area contributed by atoms with Crippen molar-refractivity contribution >= 4 is 52.0 Å². The van der Waals surface area contributed by atoms with Gasteiger partial charge in [-0.3, -0.25) is 9.59 Å². The molecule has 0 spiro atoms. The summed E-state index contributed by atoms with van der Waals surface area (Å²) in [4.78, 5) is 27.6. The Bertz CT molecular complexity index is 735. The van der Waals surface area contributed by atoms with Crippen molar-refractivity contribution in [3.05, 3.63) is 50.6 Å². The van der Waals surface area contributed by atoms with Gasteiger partial charge in [0, 0.05) is 22.9 Å². The Morgan fingerprint density at radius 1 is 1.23 bits per heavy atom. The van der Waals surface area contributed by atoms with Crippen molar-refractivity contribution in [1.82, 2.24) is 4.90 Å². The molecule has 0 saturated heterocycles. The molecule has 0 aliphatic heterocycles. The number of benzene rings is 1. The third-order valence-electron chi connectivity index (χ3n) is 3.78. The van der Waals surface area contributed by atoms with E-state index in [1.807, 2.05) is 18.4 Å². The number of amides is 2. The average Bonchev–Trinajstić information content (AvgIpc) is 3.10. The van der Waals surface area contributed by atoms with Gasteiger partial charge < -0.3 is 10.2 Å². The van der Waals surface area contributed by atoms with Crippen LogP contribution in [0.1, 0.15) is 31.1 Å². The van der Waals surface area contributed by atoms with Crippen molar-refractivity contribution in [1.29, 1.82) is 0 Å². The van der Waals surface area contributed by atoms with E-state index in [4.69, 9.17) is 23.2 Å². The Balaban J connectivity index is 1.86. The molecule has 1 heterocycles. The Labute approximate surface area is 168 Å². The van der Waals surface area contributed by atoms with Crippen molar-refractivity contribution in [2.24, 2.45) is 0 Å². The van der Waals surface area contributed by atoms with Gasteiger partial charge in [-0.2, -0.15) is 0 Å². The zero-order chi connectivity index (χ0) is 18.9. The monoisotopic (exact) mass is 412 g/mol. The second-order valence-electron chi connectivity index (χ2n) is 5.92. The molecule has 0 aliphatic carbocycles. The zero-order valence-electron chi connectivity index (χ0n) is 14.6. The summed E-state index contributed by atoms with van der Waals surface area (Å²) in [6, 6.07) is 8.95. The van der Waals surface area contributed by atoms with Crippen LogP contribution in [0.4, 0.5) is 5.69 Å². The fraction of sp³-hybridized carbons (Fsp3) is 0.368. The maximum atomic E-state index is 12.5. The molecule has 0 unspecified atom stereocenters. The van der Waals surface area contributed by atoms with E-state index in [1.165, 1.54) is 4.88 Å². The smallest absolute Gasteiger partial charge is 0.244 e. The van der Waals surface area contributed by atoms with Crippen LogP contribution in [-0.4, -0.2) is 29.8 Å². The number of nitrogens with zero attached hydrogens (tertiary/aromatic N) is 1. The first kappa shape index (κ1) is 20.7. The lowest BCUT2D eigenvalue weighted by Gasteiger charge is -2.22. The molecule has 140 valence electrons. The van der Waals surface area contributed by atoms with Crippen LogP contribution < -0.4 is 5.32 Å². The number of halogens is 2. The topological polar surface area (TPSA) is 49.4 Å². The first-order valence-corrected chi connectivity index (χ1v) is 10.2. The van der Waals surface area contributed by atoms with Crippen LogP contribution in [0.25, 0.3) is 0 Å². The summed E-state index contributed by atoms with van der Waals surface area (Å²) >= 11 is 13.6. The normalized spacial score (nSPS) is 10.6. The quantitative estimate of drug-likeness (QED) is 0.610. The Kier molecular flexibility index (Phi) is 8.42. The van der Waals surface area contributed by atoms with E-state index in [1.54, 1.807) is 34.4 Å². The number of nitrogens with one attached hydrogen (secondary N) is 1. The maximum Gasteiger partial charge on any atom is 0.244 e. The Morgan fingerprint density at radius 2 is 2.04 bits per heavy atom. The molecular weight excluding hydrogens is 391 g/mol. The van der Waals surface area contributed by atoms with Crippen molar-refractivity contribution < 1.29 is 9.59 Å². The van der Waals surface area contributed by atoms with Crippen molar-refractivity contribution in [3.8, 4) is 0 Å². The Hall–Kier alpha value is -1.56. The molecule has 0 radical (unpaired) electrons. The molecule has 2 rings (SSSR count). The summed E-state index contributed by atoms with van der Waals surface area (Å²) in [5.74, 6) is -0.268. The standard InChI is InChI=1S/C19H22Cl2N2O2S/c1-2-10-23(19(25)7-3-5-15-6-4-11-26-15)13-18(24)22-17-9-8-14(20)12-16(17)21/h4,6,8-9,11-12H,2-3,5,7,10,13H2,1H3,(H,22,24). The molecule has 0 aliphatic rings. The van der Waals surface area contributed by atoms with Gasteiger partial charge in [0.1, 0.15) is 0 Å². The second kappa shape index (κ2) is 10.6. The number of hydrogen-bond acceptors (Lipinski definition) is 3. The van der Waals surface area contributed by atoms with Gasteiger partial charge in [-0.15, -0.1) is 11.3 Å². The summed E-state index contributed by atoms with van der Waals surface area (Å²) < 4.78 is 0. The lowest BCUT2D eigenvalue weighted by molar-refractivity contribution is -0.134. The predicted molar refractivity (Wildman–Crippen MR) is 109 cm³/mol. The number of aryl methyl sites for hydroxylation is 1. The minimum absolute atomic E-state index is 0.000703. The third kappa shape index (κ3) is 6.63. The van der Waals surface area contributed by atoms with Gasteiger partial charge in [0.15, 0.2) is 0 Å². The second-order valence-corrected chi connectivity index (χ2v) is 7.80. The lowest BCUT2D eigenvalue weighted by atomic mass is 10.2. The van der Waals surface area contributed by atoms with E-state index in [2.05, 4.69) is 11.4 Å². The van der Waals surface area contributed by atoms with E-state index >= 15 is 0 Å². The molecule has 0 bridgehead atoms. The van der Waals surface area contributed by atoms with Crippen molar-refractivity contribution in [2.45, 2.75) is 32.6 Å². The zero-order valence-corrected chi connectivity index (χ0v) is 17.0. The van der Waals surface area contributed by atoms with Crippen LogP contribution in [-0.2, 0) is 16.0 Å². The van der Waals surface area contributed by atoms with Crippen LogP contribution in [0, 0.1) is 0 Å². The molecule has 1 N–H and O–H groups in total. The highest BCUT2D eigenvalue weighted by Gasteiger charge is 2.17. The summed E-state index contributed by atoms with van der Waals surface area (Å²) in [6.45, 7) is 2.56. The van der Waals surface area contributed by atoms with Crippen LogP contribution in [0.5, 0.6) is 0 Å². The minimum atomic E-state index is -0.269. The summed E-state index contributed by atoms with van der Waals surface area (Å²) in [6.07, 6.45) is 2.90. The third-order valence-corrected chi connectivity index (χ3v) is 5.26. The largest absolute Gasteiger partial charge is 0.333 e. The average molecular weight is 413 g/mol. The van der Waals surface area contributed by atoms with Crippen LogP contribution in [0.15, 0.2) is 35.7 Å². The first-order chi connectivity index (χ1) is 12.5. The highest BCUT2D eigenvalue weighted by Crippen LogP contribution is 2.25. The summed E-state index contributed by atoms with van der Waals surface area (Å²) in [5.41, 5.74) is 0.489. The number of carbonyl (C=O) groups excluding carboxylic acids is 2. The molecule has 1 aromatic carbocycles. The molecule has 1 aromatic heterocycles. The van der Waals surface area contributed by atoms with E-state index in [0.717, 1.165) is 19.3 Å². The molecule has 26 heavy (non-hydrogen) atoms. The van der Waals surface area contributed by atoms with E-state index in [0.29, 0.717) is 28.7 Å². The summed E-state index contributed by atoms with van der Waals surface area (Å²) in [5, 5.41) is 5.64. The number of anilines is 1. The number of thiophene rings is 1. The van der Waals surface area contributed by atoms with Crippen molar-refractivity contribution in [3.63, 3.8) is 0 Å². The maximum absolute atomic E-state index is 12.5. The van der Waals surface area contributed by atoms with E-state index in [9.17, 15) is 9.59 Å². The van der Waals surface area contributed by atoms with Gasteiger partial charge in [-0.05, 0) is 48.9 Å². The molecule has 7 heteroatoms. The van der Waals surface area contributed by atoms with Gasteiger partial charge in [0.2, 0.25) is 11.8 Å². The molecule has 0 fully saturated rings. The number of rotatable bonds is 9. The molecular formula is C19H22Cl2N2O2S. The molecule has 0 saturated carbocycles. The highest BCUT2D eigenvalue weighted by molar-refractivity contribution is 7.09. The van der Waals surface area contributed by atoms with Crippen molar-refractivity contribution in [2.75, 3.05) is 18.4 Å². The van der Waals surface area contributed by atoms with Gasteiger partial charge in [0.05, 0.1) is 17.3 Å². The fourth-order valence-electron chi connectivity index (χ4n) is 2.54. The van der Waals surface area contributed by atoms with Gasteiger partial charge in [-0.25, -0.2) is 0 Å². The molecule has 2 aromatic rings. The van der Waals surface area contributed by atoms with E-state index in [-0.39, 0.29) is 18.4 Å². The van der Waals surface area contributed by atoms with Crippen LogP contribution in [0.2, 0.25) is 10.0 Å². The first-order valence-electron chi connectivity index (χ1n) is 8.54.